The highest BCUT2D eigenvalue weighted by Crippen LogP contribution is 2.44. The van der Waals surface area contributed by atoms with E-state index in [1.165, 1.54) is 12.0 Å². The Bertz CT molecular complexity index is 1970. The maximum Gasteiger partial charge on any atom is 0.324 e. The van der Waals surface area contributed by atoms with Crippen LogP contribution in [0.3, 0.4) is 0 Å². The standard InChI is InChI=1S/C45H50Cl2N2O5/c1-6-38(30-10-8-7-9-11-30)49-25-33-24-42-39(22-32(33)23-40(49)45(51)54-41-20-28(4)12-18-35(41)27(2)3)48(5)44(50)43(53-42)31-14-16-34(17-15-31)52-26-29-13-19-36(46)37(47)21-29/h7-11,13-17,19,21-22,24,27-28,35,38,40-41,43H,6,12,18,20,23,25-26H2,1-5H3/t28-,35+,38-,40+,41-,43-/m1/s1. The number of likely N-dealkylation sites (N-methyl/N-ethyl adjacent to an activating group) is 1. The first-order valence-corrected chi connectivity index (χ1v) is 20.0. The van der Waals surface area contributed by atoms with Gasteiger partial charge in [0, 0.05) is 25.2 Å². The Morgan fingerprint density at radius 3 is 2.41 bits per heavy atom. The highest BCUT2D eigenvalue weighted by Gasteiger charge is 2.42. The van der Waals surface area contributed by atoms with Crippen LogP contribution in [-0.4, -0.2) is 36.0 Å². The van der Waals surface area contributed by atoms with Crippen molar-refractivity contribution in [3.05, 3.63) is 123 Å². The zero-order valence-electron chi connectivity index (χ0n) is 31.8. The summed E-state index contributed by atoms with van der Waals surface area (Å²) in [6, 6.07) is 26.9. The van der Waals surface area contributed by atoms with Gasteiger partial charge in [0.2, 0.25) is 6.10 Å². The van der Waals surface area contributed by atoms with Crippen LogP contribution in [0.4, 0.5) is 5.69 Å². The SMILES string of the molecule is CC[C@H](c1ccccc1)N1Cc2cc3c(cc2C[C@H]1C(=O)O[C@@H]1C[C@H](C)CC[C@H]1C(C)C)N(C)C(=O)[C@@H](c1ccc(OCc2ccc(Cl)c(Cl)c2)cc1)O3. The first-order valence-electron chi connectivity index (χ1n) is 19.3. The number of halogens is 2. The summed E-state index contributed by atoms with van der Waals surface area (Å²) in [5.74, 6) is 2.32. The van der Waals surface area contributed by atoms with E-state index in [2.05, 4.69) is 62.9 Å². The fourth-order valence-corrected chi connectivity index (χ4v) is 8.88. The van der Waals surface area contributed by atoms with Crippen molar-refractivity contribution in [2.75, 3.05) is 11.9 Å². The van der Waals surface area contributed by atoms with E-state index in [0.717, 1.165) is 41.5 Å². The number of benzene rings is 4. The van der Waals surface area contributed by atoms with E-state index in [-0.39, 0.29) is 24.0 Å². The first-order chi connectivity index (χ1) is 26.0. The minimum atomic E-state index is -0.813. The van der Waals surface area contributed by atoms with Crippen molar-refractivity contribution < 1.29 is 23.8 Å². The number of carbonyl (C=O) groups is 2. The molecule has 1 aliphatic carbocycles. The molecule has 0 aromatic heterocycles. The number of esters is 1. The van der Waals surface area contributed by atoms with Crippen LogP contribution < -0.4 is 14.4 Å². The minimum absolute atomic E-state index is 0.0226. The Labute approximate surface area is 329 Å². The lowest BCUT2D eigenvalue weighted by molar-refractivity contribution is -0.164. The monoisotopic (exact) mass is 768 g/mol. The fourth-order valence-electron chi connectivity index (χ4n) is 8.56. The van der Waals surface area contributed by atoms with Crippen LogP contribution in [0.25, 0.3) is 0 Å². The highest BCUT2D eigenvalue weighted by atomic mass is 35.5. The summed E-state index contributed by atoms with van der Waals surface area (Å²) < 4.78 is 19.0. The van der Waals surface area contributed by atoms with Gasteiger partial charge in [-0.15, -0.1) is 0 Å². The third kappa shape index (κ3) is 8.00. The summed E-state index contributed by atoms with van der Waals surface area (Å²) in [6.45, 7) is 9.81. The predicted octanol–water partition coefficient (Wildman–Crippen LogP) is 10.6. The summed E-state index contributed by atoms with van der Waals surface area (Å²) >= 11 is 12.2. The smallest absolute Gasteiger partial charge is 0.324 e. The predicted molar refractivity (Wildman–Crippen MR) is 214 cm³/mol. The Balaban J connectivity index is 1.14. The molecule has 2 aliphatic heterocycles. The van der Waals surface area contributed by atoms with Crippen LogP contribution in [0, 0.1) is 17.8 Å². The molecule has 6 atom stereocenters. The Hall–Kier alpha value is -4.04. The summed E-state index contributed by atoms with van der Waals surface area (Å²) in [6.07, 6.45) is 3.60. The van der Waals surface area contributed by atoms with Crippen LogP contribution in [0.5, 0.6) is 11.5 Å². The van der Waals surface area contributed by atoms with E-state index in [4.69, 9.17) is 37.4 Å². The van der Waals surface area contributed by atoms with Crippen molar-refractivity contribution in [2.45, 2.75) is 97.2 Å². The molecule has 7 rings (SSSR count). The van der Waals surface area contributed by atoms with E-state index < -0.39 is 12.1 Å². The van der Waals surface area contributed by atoms with Crippen molar-refractivity contribution in [3.8, 4) is 11.5 Å². The second kappa shape index (κ2) is 16.4. The van der Waals surface area contributed by atoms with Crippen molar-refractivity contribution in [1.82, 2.24) is 4.90 Å². The van der Waals surface area contributed by atoms with Crippen LogP contribution in [-0.2, 0) is 33.9 Å². The number of ether oxygens (including phenoxy) is 3. The molecule has 0 saturated heterocycles. The Morgan fingerprint density at radius 1 is 0.944 bits per heavy atom. The molecule has 0 N–H and O–H groups in total. The maximum absolute atomic E-state index is 14.4. The average Bonchev–Trinajstić information content (AvgIpc) is 3.16. The molecule has 0 bridgehead atoms. The highest BCUT2D eigenvalue weighted by molar-refractivity contribution is 6.42. The summed E-state index contributed by atoms with van der Waals surface area (Å²) in [5.41, 5.74) is 5.64. The number of carbonyl (C=O) groups excluding carboxylic acids is 2. The number of fused-ring (bicyclic) bond motifs is 2. The molecule has 0 unspecified atom stereocenters. The number of hydrogen-bond acceptors (Lipinski definition) is 6. The molecule has 54 heavy (non-hydrogen) atoms. The van der Waals surface area contributed by atoms with Crippen LogP contribution in [0.2, 0.25) is 10.0 Å². The summed E-state index contributed by atoms with van der Waals surface area (Å²) in [4.78, 5) is 32.2. The summed E-state index contributed by atoms with van der Waals surface area (Å²) in [7, 11) is 1.79. The number of amides is 1. The van der Waals surface area contributed by atoms with Gasteiger partial charge in [0.15, 0.2) is 0 Å². The molecule has 1 fully saturated rings. The third-order valence-electron chi connectivity index (χ3n) is 11.7. The van der Waals surface area contributed by atoms with E-state index >= 15 is 0 Å². The van der Waals surface area contributed by atoms with Gasteiger partial charge in [-0.25, -0.2) is 0 Å². The first kappa shape index (κ1) is 38.2. The Morgan fingerprint density at radius 2 is 1.70 bits per heavy atom. The van der Waals surface area contributed by atoms with Gasteiger partial charge in [-0.05, 0) is 102 Å². The fraction of sp³-hybridized carbons (Fsp3) is 0.422. The van der Waals surface area contributed by atoms with Gasteiger partial charge < -0.3 is 19.1 Å². The molecule has 2 heterocycles. The number of nitrogens with zero attached hydrogens (tertiary/aromatic N) is 2. The van der Waals surface area contributed by atoms with Gasteiger partial charge in [-0.2, -0.15) is 0 Å². The lowest BCUT2D eigenvalue weighted by Crippen LogP contribution is -2.50. The Kier molecular flexibility index (Phi) is 11.6. The molecule has 284 valence electrons. The largest absolute Gasteiger partial charge is 0.489 e. The zero-order valence-corrected chi connectivity index (χ0v) is 33.3. The zero-order chi connectivity index (χ0) is 38.1. The molecular formula is C45H50Cl2N2O5. The number of rotatable bonds is 10. The lowest BCUT2D eigenvalue weighted by atomic mass is 9.75. The van der Waals surface area contributed by atoms with Gasteiger partial charge in [0.05, 0.1) is 15.7 Å². The molecule has 0 radical (unpaired) electrons. The van der Waals surface area contributed by atoms with Crippen LogP contribution in [0.1, 0.15) is 93.3 Å². The topological polar surface area (TPSA) is 68.3 Å². The molecule has 1 amide bonds. The lowest BCUT2D eigenvalue weighted by Gasteiger charge is -2.43. The summed E-state index contributed by atoms with van der Waals surface area (Å²) in [5, 5.41) is 0.976. The molecule has 7 nitrogen and oxygen atoms in total. The van der Waals surface area contributed by atoms with E-state index in [1.54, 1.807) is 24.1 Å². The van der Waals surface area contributed by atoms with Gasteiger partial charge >= 0.3 is 5.97 Å². The molecule has 4 aromatic carbocycles. The van der Waals surface area contributed by atoms with Crippen molar-refractivity contribution in [2.24, 2.45) is 17.8 Å². The van der Waals surface area contributed by atoms with E-state index in [9.17, 15) is 9.59 Å². The molecule has 1 saturated carbocycles. The molecule has 4 aromatic rings. The van der Waals surface area contributed by atoms with Gasteiger partial charge in [0.25, 0.3) is 5.91 Å². The molecule has 3 aliphatic rings. The second-order valence-electron chi connectivity index (χ2n) is 15.6. The van der Waals surface area contributed by atoms with Crippen molar-refractivity contribution in [3.63, 3.8) is 0 Å². The molecule has 0 spiro atoms. The normalized spacial score (nSPS) is 23.3. The quantitative estimate of drug-likeness (QED) is 0.150. The average molecular weight is 770 g/mol. The maximum atomic E-state index is 14.4. The molecule has 9 heteroatoms. The van der Waals surface area contributed by atoms with Gasteiger partial charge in [-0.3, -0.25) is 14.5 Å². The van der Waals surface area contributed by atoms with Crippen LogP contribution in [0.15, 0.2) is 84.9 Å². The van der Waals surface area contributed by atoms with Gasteiger partial charge in [-0.1, -0.05) is 106 Å². The minimum Gasteiger partial charge on any atom is -0.489 e. The van der Waals surface area contributed by atoms with E-state index in [1.807, 2.05) is 42.5 Å². The second-order valence-corrected chi connectivity index (χ2v) is 16.4. The van der Waals surface area contributed by atoms with Crippen molar-refractivity contribution >= 4 is 40.8 Å². The number of hydrogen-bond donors (Lipinski definition) is 0. The van der Waals surface area contributed by atoms with E-state index in [0.29, 0.717) is 64.6 Å². The molecular weight excluding hydrogens is 719 g/mol. The number of anilines is 1. The third-order valence-corrected chi connectivity index (χ3v) is 12.4. The van der Waals surface area contributed by atoms with Crippen LogP contribution >= 0.6 is 23.2 Å². The van der Waals surface area contributed by atoms with Crippen molar-refractivity contribution in [1.29, 1.82) is 0 Å². The van der Waals surface area contributed by atoms with Gasteiger partial charge in [0.1, 0.15) is 30.3 Å².